The minimum Gasteiger partial charge on any atom is -0.462 e. The molecule has 7 nitrogen and oxygen atoms in total. The van der Waals surface area contributed by atoms with Gasteiger partial charge in [-0.3, -0.25) is 14.4 Å². The molecule has 1 aromatic carbocycles. The van der Waals surface area contributed by atoms with Gasteiger partial charge in [-0.15, -0.1) is 0 Å². The first-order chi connectivity index (χ1) is 17.4. The molecule has 0 spiro atoms. The monoisotopic (exact) mass is 523 g/mol. The van der Waals surface area contributed by atoms with Crippen molar-refractivity contribution < 1.29 is 33.4 Å². The van der Waals surface area contributed by atoms with Gasteiger partial charge in [0, 0.05) is 38.0 Å². The van der Waals surface area contributed by atoms with Gasteiger partial charge in [-0.1, -0.05) is 37.6 Å². The van der Waals surface area contributed by atoms with Crippen molar-refractivity contribution in [1.29, 1.82) is 0 Å². The number of esters is 2. The number of hydrogen-bond donors (Lipinski definition) is 1. The van der Waals surface area contributed by atoms with Gasteiger partial charge < -0.3 is 19.5 Å². The van der Waals surface area contributed by atoms with Crippen LogP contribution in [-0.2, 0) is 30.3 Å². The van der Waals surface area contributed by atoms with Crippen molar-refractivity contribution in [2.75, 3.05) is 31.3 Å². The van der Waals surface area contributed by atoms with Gasteiger partial charge >= 0.3 is 11.9 Å². The van der Waals surface area contributed by atoms with E-state index >= 15 is 0 Å². The van der Waals surface area contributed by atoms with Gasteiger partial charge in [0.2, 0.25) is 5.91 Å². The molecule has 0 saturated carbocycles. The van der Waals surface area contributed by atoms with E-state index in [1.165, 1.54) is 12.1 Å². The lowest BCUT2D eigenvalue weighted by molar-refractivity contribution is -0.152. The number of aliphatic hydroxyl groups excluding tert-OH is 1. The van der Waals surface area contributed by atoms with Crippen LogP contribution in [0.2, 0.25) is 0 Å². The number of benzene rings is 1. The Hall–Kier alpha value is -2.39. The molecule has 2 rings (SSSR count). The summed E-state index contributed by atoms with van der Waals surface area (Å²) in [6.07, 6.45) is 7.60. The maximum atomic E-state index is 13.0. The number of amides is 1. The van der Waals surface area contributed by atoms with Crippen molar-refractivity contribution >= 4 is 29.6 Å². The Balaban J connectivity index is 1.57. The first-order valence-electron chi connectivity index (χ1n) is 12.7. The minimum absolute atomic E-state index is 0.0352. The van der Waals surface area contributed by atoms with Gasteiger partial charge in [-0.2, -0.15) is 11.8 Å². The van der Waals surface area contributed by atoms with Crippen LogP contribution in [0.3, 0.4) is 0 Å². The lowest BCUT2D eigenvalue weighted by Crippen LogP contribution is -2.34. The fraction of sp³-hybridized carbons (Fsp3) is 0.593. The van der Waals surface area contributed by atoms with Crippen LogP contribution in [0.5, 0.6) is 0 Å². The lowest BCUT2D eigenvalue weighted by atomic mass is 10.1. The van der Waals surface area contributed by atoms with E-state index < -0.39 is 6.10 Å². The second kappa shape index (κ2) is 17.1. The molecule has 9 heteroatoms. The Labute approximate surface area is 217 Å². The molecule has 1 aromatic rings. The molecule has 0 radical (unpaired) electrons. The van der Waals surface area contributed by atoms with Gasteiger partial charge in [-0.25, -0.2) is 4.39 Å². The molecule has 36 heavy (non-hydrogen) atoms. The van der Waals surface area contributed by atoms with Crippen molar-refractivity contribution in [3.05, 3.63) is 47.8 Å². The number of aliphatic hydroxyl groups is 1. The van der Waals surface area contributed by atoms with Gasteiger partial charge in [-0.05, 0) is 42.7 Å². The maximum Gasteiger partial charge on any atom is 0.305 e. The Bertz CT molecular complexity index is 847. The number of unbranched alkanes of at least 4 members (excludes halogenated alkanes) is 1. The van der Waals surface area contributed by atoms with Gasteiger partial charge in [0.05, 0.1) is 12.1 Å². The number of likely N-dealkylation sites (tertiary alicyclic amines) is 1. The van der Waals surface area contributed by atoms with E-state index in [-0.39, 0.29) is 42.9 Å². The molecule has 1 N–H and O–H groups in total. The number of thioether (sulfide) groups is 1. The van der Waals surface area contributed by atoms with E-state index in [0.29, 0.717) is 38.6 Å². The highest BCUT2D eigenvalue weighted by molar-refractivity contribution is 7.99. The van der Waals surface area contributed by atoms with Gasteiger partial charge in [0.1, 0.15) is 19.0 Å². The number of rotatable bonds is 17. The lowest BCUT2D eigenvalue weighted by Gasteiger charge is -2.22. The maximum absolute atomic E-state index is 13.0. The summed E-state index contributed by atoms with van der Waals surface area (Å²) < 4.78 is 23.1. The van der Waals surface area contributed by atoms with Crippen LogP contribution < -0.4 is 0 Å². The topological polar surface area (TPSA) is 93.1 Å². The first-order valence-corrected chi connectivity index (χ1v) is 13.8. The zero-order valence-corrected chi connectivity index (χ0v) is 21.8. The summed E-state index contributed by atoms with van der Waals surface area (Å²) in [5, 5.41) is 10.3. The number of carbonyl (C=O) groups is 3. The average molecular weight is 524 g/mol. The molecule has 1 saturated heterocycles. The number of ether oxygens (including phenoxy) is 2. The van der Waals surface area contributed by atoms with E-state index in [2.05, 4.69) is 0 Å². The Kier molecular flexibility index (Phi) is 14.2. The zero-order valence-electron chi connectivity index (χ0n) is 21.0. The Morgan fingerprint density at radius 2 is 1.81 bits per heavy atom. The van der Waals surface area contributed by atoms with E-state index in [9.17, 15) is 23.9 Å². The van der Waals surface area contributed by atoms with Crippen LogP contribution in [0.4, 0.5) is 4.39 Å². The van der Waals surface area contributed by atoms with Crippen molar-refractivity contribution in [2.24, 2.45) is 0 Å². The molecule has 1 aliphatic rings. The second-order valence-corrected chi connectivity index (χ2v) is 9.96. The quantitative estimate of drug-likeness (QED) is 0.187. The van der Waals surface area contributed by atoms with Crippen LogP contribution in [0.15, 0.2) is 36.4 Å². The predicted molar refractivity (Wildman–Crippen MR) is 138 cm³/mol. The summed E-state index contributed by atoms with van der Waals surface area (Å²) in [6.45, 7) is 2.78. The molecule has 1 aliphatic heterocycles. The largest absolute Gasteiger partial charge is 0.462 e. The van der Waals surface area contributed by atoms with Crippen LogP contribution >= 0.6 is 11.8 Å². The number of carbonyl (C=O) groups excluding carboxylic acids is 3. The summed E-state index contributed by atoms with van der Waals surface area (Å²) in [6, 6.07) is 6.02. The van der Waals surface area contributed by atoms with Crippen molar-refractivity contribution in [3.8, 4) is 0 Å². The molecular formula is C27H38FNO6S. The third kappa shape index (κ3) is 12.0. The molecule has 1 fully saturated rings. The molecule has 0 unspecified atom stereocenters. The summed E-state index contributed by atoms with van der Waals surface area (Å²) in [5.41, 5.74) is 0.846. The summed E-state index contributed by atoms with van der Waals surface area (Å²) in [4.78, 5) is 37.3. The van der Waals surface area contributed by atoms with E-state index in [1.807, 2.05) is 17.9 Å². The molecule has 0 aromatic heterocycles. The molecule has 2 atom stereocenters. The smallest absolute Gasteiger partial charge is 0.305 e. The average Bonchev–Trinajstić information content (AvgIpc) is 3.21. The molecule has 1 heterocycles. The highest BCUT2D eigenvalue weighted by atomic mass is 32.2. The van der Waals surface area contributed by atoms with Crippen LogP contribution in [0, 0.1) is 5.82 Å². The first kappa shape index (κ1) is 29.8. The SMILES string of the molecule is CCCCC(=O)OCCOC(=O)CCCSCCN1C(=O)CC[C@@H]1/C=C/[C@@H](O)Cc1ccc(F)cc1. The summed E-state index contributed by atoms with van der Waals surface area (Å²) in [5.74, 6) is 0.770. The van der Waals surface area contributed by atoms with Gasteiger partial charge in [0.15, 0.2) is 0 Å². The highest BCUT2D eigenvalue weighted by Crippen LogP contribution is 2.21. The van der Waals surface area contributed by atoms with E-state index in [0.717, 1.165) is 36.3 Å². The minimum atomic E-state index is -0.699. The Morgan fingerprint density at radius 3 is 2.47 bits per heavy atom. The highest BCUT2D eigenvalue weighted by Gasteiger charge is 2.28. The van der Waals surface area contributed by atoms with E-state index in [4.69, 9.17) is 9.47 Å². The molecule has 0 aliphatic carbocycles. The Morgan fingerprint density at radius 1 is 1.14 bits per heavy atom. The summed E-state index contributed by atoms with van der Waals surface area (Å²) >= 11 is 1.68. The summed E-state index contributed by atoms with van der Waals surface area (Å²) in [7, 11) is 0. The van der Waals surface area contributed by atoms with Crippen LogP contribution in [0.25, 0.3) is 0 Å². The second-order valence-electron chi connectivity index (χ2n) is 8.74. The third-order valence-corrected chi connectivity index (χ3v) is 6.83. The number of nitrogens with zero attached hydrogens (tertiary/aromatic N) is 1. The zero-order chi connectivity index (χ0) is 26.2. The molecule has 200 valence electrons. The fourth-order valence-electron chi connectivity index (χ4n) is 3.79. The molecular weight excluding hydrogens is 485 g/mol. The van der Waals surface area contributed by atoms with Crippen molar-refractivity contribution in [2.45, 2.75) is 70.4 Å². The molecule has 0 bridgehead atoms. The van der Waals surface area contributed by atoms with Crippen LogP contribution in [-0.4, -0.2) is 71.3 Å². The standard InChI is InChI=1S/C27H38FNO6S/c1-2-3-5-26(32)34-16-17-35-27(33)6-4-18-36-19-15-29-23(12-14-25(29)31)11-13-24(30)20-21-7-9-22(28)10-8-21/h7-11,13,23-24,30H,2-6,12,14-20H2,1H3/b13-11+/t23-,24+/m0/s1. The fourth-order valence-corrected chi connectivity index (χ4v) is 4.67. The van der Waals surface area contributed by atoms with Gasteiger partial charge in [0.25, 0.3) is 0 Å². The normalized spacial score (nSPS) is 16.5. The predicted octanol–water partition coefficient (Wildman–Crippen LogP) is 4.07. The molecule has 1 amide bonds. The number of halogens is 1. The van der Waals surface area contributed by atoms with E-state index in [1.54, 1.807) is 30.0 Å². The van der Waals surface area contributed by atoms with Crippen LogP contribution in [0.1, 0.15) is 57.4 Å². The van der Waals surface area contributed by atoms with Crippen molar-refractivity contribution in [1.82, 2.24) is 4.90 Å². The number of hydrogen-bond acceptors (Lipinski definition) is 7. The third-order valence-electron chi connectivity index (χ3n) is 5.78. The van der Waals surface area contributed by atoms with Crippen molar-refractivity contribution in [3.63, 3.8) is 0 Å².